The van der Waals surface area contributed by atoms with E-state index in [4.69, 9.17) is 5.73 Å². The number of hydrogen-bond acceptors (Lipinski definition) is 2. The van der Waals surface area contributed by atoms with E-state index in [1.54, 1.807) is 18.2 Å². The maximum absolute atomic E-state index is 13.4. The van der Waals surface area contributed by atoms with Gasteiger partial charge in [0, 0.05) is 16.8 Å². The molecule has 0 spiro atoms. The zero-order chi connectivity index (χ0) is 12.8. The van der Waals surface area contributed by atoms with E-state index in [1.165, 1.54) is 12.5 Å². The van der Waals surface area contributed by atoms with Crippen LogP contribution in [0.25, 0.3) is 10.9 Å². The summed E-state index contributed by atoms with van der Waals surface area (Å²) < 4.78 is 13.4. The summed E-state index contributed by atoms with van der Waals surface area (Å²) in [6.07, 6.45) is 2.01. The number of aryl methyl sites for hydroxylation is 1. The van der Waals surface area contributed by atoms with Gasteiger partial charge in [0.05, 0.1) is 0 Å². The molecular weight excluding hydrogens is 215 g/mol. The van der Waals surface area contributed by atoms with E-state index in [9.17, 15) is 4.39 Å². The number of hydrogen-bond donors (Lipinski definition) is 1. The Kier molecular flexibility index (Phi) is 4.88. The molecule has 0 atom stereocenters. The zero-order valence-corrected chi connectivity index (χ0v) is 10.6. The van der Waals surface area contributed by atoms with Gasteiger partial charge in [-0.25, -0.2) is 9.37 Å². The number of nitrogen functional groups attached to an aromatic ring is 1. The highest BCUT2D eigenvalue weighted by Gasteiger charge is 2.05. The molecule has 2 nitrogen and oxygen atoms in total. The lowest BCUT2D eigenvalue weighted by Crippen LogP contribution is -1.96. The summed E-state index contributed by atoms with van der Waals surface area (Å²) in [5, 5.41) is 0.683. The molecule has 17 heavy (non-hydrogen) atoms. The number of rotatable bonds is 1. The standard InChI is InChI=1S/C11H11FN2.C3H8/c1-2-7-6-10(13)8-4-3-5-9(12)11(8)14-7;1-3-2/h3-6H,2H2,1H3,(H2,13,14);3H2,1-2H3. The molecule has 0 amide bonds. The first-order valence-electron chi connectivity index (χ1n) is 5.97. The van der Waals surface area contributed by atoms with Crippen LogP contribution in [0.3, 0.4) is 0 Å². The Morgan fingerprint density at radius 3 is 2.47 bits per heavy atom. The fraction of sp³-hybridized carbons (Fsp3) is 0.357. The van der Waals surface area contributed by atoms with E-state index in [0.717, 1.165) is 12.1 Å². The Bertz CT molecular complexity index is 495. The number of aromatic nitrogens is 1. The van der Waals surface area contributed by atoms with E-state index in [1.807, 2.05) is 6.92 Å². The van der Waals surface area contributed by atoms with Crippen LogP contribution in [0.5, 0.6) is 0 Å². The van der Waals surface area contributed by atoms with E-state index in [2.05, 4.69) is 18.8 Å². The number of pyridine rings is 1. The highest BCUT2D eigenvalue weighted by molar-refractivity contribution is 5.90. The minimum Gasteiger partial charge on any atom is -0.398 e. The second kappa shape index (κ2) is 6.18. The molecule has 0 aliphatic rings. The molecule has 0 fully saturated rings. The molecular formula is C14H19FN2. The Morgan fingerprint density at radius 2 is 1.88 bits per heavy atom. The van der Waals surface area contributed by atoms with Crippen LogP contribution in [0.4, 0.5) is 10.1 Å². The molecule has 0 aliphatic carbocycles. The maximum Gasteiger partial charge on any atom is 0.149 e. The highest BCUT2D eigenvalue weighted by Crippen LogP contribution is 2.22. The number of halogens is 1. The highest BCUT2D eigenvalue weighted by atomic mass is 19.1. The molecule has 1 heterocycles. The Hall–Kier alpha value is -1.64. The van der Waals surface area contributed by atoms with Crippen molar-refractivity contribution >= 4 is 16.6 Å². The number of nitrogens with two attached hydrogens (primary N) is 1. The topological polar surface area (TPSA) is 38.9 Å². The van der Waals surface area contributed by atoms with Gasteiger partial charge in [0.25, 0.3) is 0 Å². The quantitative estimate of drug-likeness (QED) is 0.811. The molecule has 1 aromatic heterocycles. The summed E-state index contributed by atoms with van der Waals surface area (Å²) in [5.41, 5.74) is 7.57. The normalized spacial score (nSPS) is 9.88. The molecule has 2 aromatic rings. The second-order valence-electron chi connectivity index (χ2n) is 3.90. The molecule has 0 radical (unpaired) electrons. The lowest BCUT2D eigenvalue weighted by Gasteiger charge is -2.04. The van der Waals surface area contributed by atoms with Gasteiger partial charge in [-0.2, -0.15) is 0 Å². The van der Waals surface area contributed by atoms with Gasteiger partial charge in [-0.1, -0.05) is 39.3 Å². The van der Waals surface area contributed by atoms with Crippen LogP contribution in [0.2, 0.25) is 0 Å². The number of benzene rings is 1. The first kappa shape index (κ1) is 13.4. The SMILES string of the molecule is CCC.CCc1cc(N)c2cccc(F)c2n1. The van der Waals surface area contributed by atoms with Crippen molar-refractivity contribution in [3.05, 3.63) is 35.8 Å². The molecule has 0 bridgehead atoms. The van der Waals surface area contributed by atoms with Crippen molar-refractivity contribution in [3.8, 4) is 0 Å². The van der Waals surface area contributed by atoms with E-state index in [-0.39, 0.29) is 5.82 Å². The number of anilines is 1. The van der Waals surface area contributed by atoms with Crippen molar-refractivity contribution in [2.24, 2.45) is 0 Å². The second-order valence-corrected chi connectivity index (χ2v) is 3.90. The van der Waals surface area contributed by atoms with Crippen LogP contribution in [0.1, 0.15) is 32.9 Å². The van der Waals surface area contributed by atoms with E-state index in [0.29, 0.717) is 16.6 Å². The van der Waals surface area contributed by atoms with Gasteiger partial charge in [0.15, 0.2) is 0 Å². The minimum atomic E-state index is -0.315. The summed E-state index contributed by atoms with van der Waals surface area (Å²) in [6.45, 7) is 6.22. The van der Waals surface area contributed by atoms with Crippen molar-refractivity contribution in [1.82, 2.24) is 4.98 Å². The molecule has 0 aliphatic heterocycles. The van der Waals surface area contributed by atoms with Gasteiger partial charge in [-0.3, -0.25) is 0 Å². The van der Waals surface area contributed by atoms with Gasteiger partial charge < -0.3 is 5.73 Å². The fourth-order valence-electron chi connectivity index (χ4n) is 1.48. The minimum absolute atomic E-state index is 0.315. The number of fused-ring (bicyclic) bond motifs is 1. The van der Waals surface area contributed by atoms with Crippen molar-refractivity contribution in [2.45, 2.75) is 33.6 Å². The zero-order valence-electron chi connectivity index (χ0n) is 10.6. The van der Waals surface area contributed by atoms with Crippen LogP contribution in [0.15, 0.2) is 24.3 Å². The van der Waals surface area contributed by atoms with Gasteiger partial charge in [0.2, 0.25) is 0 Å². The maximum atomic E-state index is 13.4. The summed E-state index contributed by atoms with van der Waals surface area (Å²) in [5.74, 6) is -0.315. The molecule has 2 N–H and O–H groups in total. The Labute approximate surface area is 102 Å². The molecule has 1 aromatic carbocycles. The van der Waals surface area contributed by atoms with Crippen LogP contribution in [0, 0.1) is 5.82 Å². The third kappa shape index (κ3) is 3.16. The average Bonchev–Trinajstić information content (AvgIpc) is 2.31. The lowest BCUT2D eigenvalue weighted by atomic mass is 10.1. The molecule has 0 unspecified atom stereocenters. The molecule has 0 saturated carbocycles. The molecule has 2 rings (SSSR count). The third-order valence-corrected chi connectivity index (χ3v) is 2.24. The van der Waals surface area contributed by atoms with Crippen molar-refractivity contribution in [2.75, 3.05) is 5.73 Å². The Balaban J connectivity index is 0.000000437. The predicted molar refractivity (Wildman–Crippen MR) is 71.5 cm³/mol. The molecule has 92 valence electrons. The average molecular weight is 234 g/mol. The first-order chi connectivity index (χ1) is 8.13. The van der Waals surface area contributed by atoms with Crippen LogP contribution < -0.4 is 5.73 Å². The number of nitrogens with zero attached hydrogens (tertiary/aromatic N) is 1. The fourth-order valence-corrected chi connectivity index (χ4v) is 1.48. The van der Waals surface area contributed by atoms with Crippen LogP contribution in [-0.2, 0) is 6.42 Å². The van der Waals surface area contributed by atoms with Gasteiger partial charge in [0.1, 0.15) is 11.3 Å². The largest absolute Gasteiger partial charge is 0.398 e. The smallest absolute Gasteiger partial charge is 0.149 e. The predicted octanol–water partition coefficient (Wildman–Crippen LogP) is 3.93. The van der Waals surface area contributed by atoms with Crippen LogP contribution in [-0.4, -0.2) is 4.98 Å². The number of para-hydroxylation sites is 1. The van der Waals surface area contributed by atoms with E-state index >= 15 is 0 Å². The lowest BCUT2D eigenvalue weighted by molar-refractivity contribution is 0.636. The summed E-state index contributed by atoms with van der Waals surface area (Å²) in [6, 6.07) is 6.61. The summed E-state index contributed by atoms with van der Waals surface area (Å²) >= 11 is 0. The Morgan fingerprint density at radius 1 is 1.24 bits per heavy atom. The van der Waals surface area contributed by atoms with Crippen molar-refractivity contribution < 1.29 is 4.39 Å². The monoisotopic (exact) mass is 234 g/mol. The van der Waals surface area contributed by atoms with Gasteiger partial charge in [-0.15, -0.1) is 0 Å². The van der Waals surface area contributed by atoms with E-state index < -0.39 is 0 Å². The third-order valence-electron chi connectivity index (χ3n) is 2.24. The van der Waals surface area contributed by atoms with Gasteiger partial charge >= 0.3 is 0 Å². The molecule has 3 heteroatoms. The molecule has 0 saturated heterocycles. The van der Waals surface area contributed by atoms with Crippen LogP contribution >= 0.6 is 0 Å². The first-order valence-corrected chi connectivity index (χ1v) is 5.97. The summed E-state index contributed by atoms with van der Waals surface area (Å²) in [7, 11) is 0. The summed E-state index contributed by atoms with van der Waals surface area (Å²) in [4.78, 5) is 4.20. The van der Waals surface area contributed by atoms with Crippen molar-refractivity contribution in [1.29, 1.82) is 0 Å². The van der Waals surface area contributed by atoms with Crippen molar-refractivity contribution in [3.63, 3.8) is 0 Å². The van der Waals surface area contributed by atoms with Gasteiger partial charge in [-0.05, 0) is 18.6 Å².